The molecule has 100 heavy (non-hydrogen) atoms. The van der Waals surface area contributed by atoms with Gasteiger partial charge < -0.3 is 0 Å². The molecule has 0 bridgehead atoms. The predicted octanol–water partition coefficient (Wildman–Crippen LogP) is 37.0. The maximum absolute atomic E-state index is 3.17. The normalized spacial score (nSPS) is 17.9. The summed E-state index contributed by atoms with van der Waals surface area (Å²) >= 11 is 0. The summed E-state index contributed by atoms with van der Waals surface area (Å²) in [6.45, 7) is 58.4. The molecule has 0 heterocycles. The second-order valence-corrected chi connectivity index (χ2v) is 36.6. The van der Waals surface area contributed by atoms with E-state index >= 15 is 0 Å². The Labute approximate surface area is 639 Å². The Morgan fingerprint density at radius 3 is 0.930 bits per heavy atom. The molecule has 0 aliphatic rings. The molecule has 0 saturated heterocycles. The molecule has 0 N–H and O–H groups in total. The van der Waals surface area contributed by atoms with Gasteiger partial charge in [0.15, 0.2) is 0 Å². The molecule has 0 spiro atoms. The summed E-state index contributed by atoms with van der Waals surface area (Å²) in [5.74, 6) is 9.61. The summed E-state index contributed by atoms with van der Waals surface area (Å²) in [6, 6.07) is 0. The van der Waals surface area contributed by atoms with Crippen molar-refractivity contribution in [3.8, 4) is 0 Å². The van der Waals surface area contributed by atoms with Crippen LogP contribution in [0.2, 0.25) is 0 Å². The summed E-state index contributed by atoms with van der Waals surface area (Å²) in [5.41, 5.74) is 0.850. The van der Waals surface area contributed by atoms with Crippen LogP contribution >= 0.6 is 0 Å². The van der Waals surface area contributed by atoms with Crippen LogP contribution in [0.3, 0.4) is 0 Å². The van der Waals surface area contributed by atoms with Crippen LogP contribution < -0.4 is 0 Å². The summed E-state index contributed by atoms with van der Waals surface area (Å²) in [5, 5.41) is 0. The molecule has 602 valence electrons. The molecule has 0 radical (unpaired) electrons. The van der Waals surface area contributed by atoms with Gasteiger partial charge in [0.2, 0.25) is 0 Å². The van der Waals surface area contributed by atoms with Crippen molar-refractivity contribution in [3.63, 3.8) is 0 Å². The summed E-state index contributed by atoms with van der Waals surface area (Å²) < 4.78 is 0. The largest absolute Gasteiger partial charge is 0.0654 e. The number of hydrogen-bond donors (Lipinski definition) is 0. The Morgan fingerprint density at radius 2 is 0.530 bits per heavy atom. The van der Waals surface area contributed by atoms with Crippen LogP contribution in [-0.4, -0.2) is 0 Å². The third-order valence-electron chi connectivity index (χ3n) is 29.0. The smallest absolute Gasteiger partial charge is 0.0145 e. The van der Waals surface area contributed by atoms with Gasteiger partial charge in [0, 0.05) is 0 Å². The van der Waals surface area contributed by atoms with Crippen molar-refractivity contribution in [2.24, 2.45) is 92.7 Å². The molecule has 0 rings (SSSR count). The molecule has 0 saturated carbocycles. The first-order valence-corrected chi connectivity index (χ1v) is 48.6. The van der Waals surface area contributed by atoms with E-state index in [1.165, 1.54) is 366 Å². The molecule has 14 atom stereocenters. The number of unbranched alkanes of at least 4 members (excludes halogenated alkanes) is 11. The second-order valence-electron chi connectivity index (χ2n) is 36.6. The number of hydrogen-bond acceptors (Lipinski definition) is 0. The van der Waals surface area contributed by atoms with E-state index in [-0.39, 0.29) is 21.7 Å². The molecule has 0 nitrogen and oxygen atoms in total. The Bertz CT molecular complexity index is 1680. The molecule has 0 heteroatoms. The fourth-order valence-corrected chi connectivity index (χ4v) is 24.2. The van der Waals surface area contributed by atoms with Crippen LogP contribution in [-0.2, 0) is 0 Å². The van der Waals surface area contributed by atoms with E-state index in [2.05, 4.69) is 152 Å². The van der Waals surface area contributed by atoms with Gasteiger partial charge in [-0.1, -0.05) is 473 Å². The standard InChI is InChI=1S/C100H202/c1-23-44-50-66-89(58-31-9)79-85(22)97(78-75-88(43-21)57-30-8,81-92(62-35-13)68-52-46-25-3)99(77-55-71-86(40-18)41-19,83-93(63-36-14)69-53-47-26-4)100(95(65-38-16)72-49-28-6,84-94(64-37-15)70-54-48-27-5)98(76-39-17,82-91(60-33-11)61-34-12)96(74-73-87(42-20)56-29-7)80-90(59-32-10)67-51-45-24-2/h85-96H,23-84H2,1-22H3. The predicted molar refractivity (Wildman–Crippen MR) is 463 cm³/mol. The van der Waals surface area contributed by atoms with Gasteiger partial charge >= 0.3 is 0 Å². The fourth-order valence-electron chi connectivity index (χ4n) is 24.2. The maximum atomic E-state index is 3.17. The minimum absolute atomic E-state index is 0.190. The van der Waals surface area contributed by atoms with Gasteiger partial charge in [0.1, 0.15) is 0 Å². The van der Waals surface area contributed by atoms with Crippen molar-refractivity contribution >= 4 is 0 Å². The van der Waals surface area contributed by atoms with Crippen LogP contribution in [0, 0.1) is 92.7 Å². The lowest BCUT2D eigenvalue weighted by Gasteiger charge is -2.75. The first-order chi connectivity index (χ1) is 48.6. The molecular weight excluding hydrogens is 1200 g/mol. The second kappa shape index (κ2) is 63.9. The molecular formula is C100H202. The minimum atomic E-state index is 0.190. The topological polar surface area (TPSA) is 0 Å². The van der Waals surface area contributed by atoms with Crippen molar-refractivity contribution in [2.45, 2.75) is 550 Å². The van der Waals surface area contributed by atoms with E-state index in [9.17, 15) is 0 Å². The van der Waals surface area contributed by atoms with Crippen molar-refractivity contribution in [1.82, 2.24) is 0 Å². The SMILES string of the molecule is CCCCCC(CCC)CC(C)C(CCC(CC)CCC)(CC(CCC)CCCCC)C(CCCC(CC)CC)(CC(CCC)CCCCC)C(CC(CCC)CCCCC)(C(CCC)CCCC)C(CCC)(CC(CCC)CCC)C(CCC(CC)CCC)CC(CCC)CCCCC. The van der Waals surface area contributed by atoms with E-state index in [1.54, 1.807) is 32.1 Å². The molecule has 0 aliphatic heterocycles. The molecule has 0 aliphatic carbocycles. The lowest BCUT2D eigenvalue weighted by atomic mass is 9.29. The Morgan fingerprint density at radius 1 is 0.190 bits per heavy atom. The van der Waals surface area contributed by atoms with Gasteiger partial charge in [0.05, 0.1) is 0 Å². The Balaban J connectivity index is 12.8. The van der Waals surface area contributed by atoms with Crippen LogP contribution in [0.15, 0.2) is 0 Å². The number of rotatable bonds is 77. The van der Waals surface area contributed by atoms with Gasteiger partial charge in [-0.15, -0.1) is 0 Å². The molecule has 0 aromatic carbocycles. The van der Waals surface area contributed by atoms with E-state index in [0.717, 1.165) is 65.1 Å². The highest BCUT2D eigenvalue weighted by atomic mass is 14.8. The first-order valence-electron chi connectivity index (χ1n) is 48.6. The third-order valence-corrected chi connectivity index (χ3v) is 29.0. The molecule has 0 aromatic heterocycles. The lowest BCUT2D eigenvalue weighted by molar-refractivity contribution is -0.270. The quantitative estimate of drug-likeness (QED) is 0.0533. The summed E-state index contributed by atoms with van der Waals surface area (Å²) in [4.78, 5) is 0. The fraction of sp³-hybridized carbons (Fsp3) is 1.00. The third kappa shape index (κ3) is 35.1. The zero-order valence-electron chi connectivity index (χ0n) is 74.8. The van der Waals surface area contributed by atoms with Crippen LogP contribution in [0.25, 0.3) is 0 Å². The highest BCUT2D eigenvalue weighted by molar-refractivity contribution is 5.21. The highest BCUT2D eigenvalue weighted by Crippen LogP contribution is 2.80. The van der Waals surface area contributed by atoms with Gasteiger partial charge in [-0.25, -0.2) is 0 Å². The maximum Gasteiger partial charge on any atom is -0.0145 e. The van der Waals surface area contributed by atoms with Crippen molar-refractivity contribution in [1.29, 1.82) is 0 Å². The van der Waals surface area contributed by atoms with Crippen molar-refractivity contribution in [2.75, 3.05) is 0 Å². The van der Waals surface area contributed by atoms with E-state index in [4.69, 9.17) is 0 Å². The molecule has 0 amide bonds. The van der Waals surface area contributed by atoms with E-state index in [1.807, 2.05) is 0 Å². The average Bonchev–Trinajstić information content (AvgIpc) is 0.673. The molecule has 0 aromatic rings. The minimum Gasteiger partial charge on any atom is -0.0654 e. The van der Waals surface area contributed by atoms with Gasteiger partial charge in [0.25, 0.3) is 0 Å². The first kappa shape index (κ1) is 100. The molecule has 14 unspecified atom stereocenters. The van der Waals surface area contributed by atoms with Gasteiger partial charge in [-0.2, -0.15) is 0 Å². The Hall–Kier alpha value is 0. The summed E-state index contributed by atoms with van der Waals surface area (Å²) in [6.07, 6.45) is 89.1. The van der Waals surface area contributed by atoms with Crippen molar-refractivity contribution < 1.29 is 0 Å². The Kier molecular flexibility index (Phi) is 63.9. The van der Waals surface area contributed by atoms with Crippen LogP contribution in [0.4, 0.5) is 0 Å². The summed E-state index contributed by atoms with van der Waals surface area (Å²) in [7, 11) is 0. The van der Waals surface area contributed by atoms with Crippen molar-refractivity contribution in [3.05, 3.63) is 0 Å². The zero-order chi connectivity index (χ0) is 74.8. The average molecular weight is 1400 g/mol. The van der Waals surface area contributed by atoms with Gasteiger partial charge in [-0.05, 0) is 170 Å². The highest BCUT2D eigenvalue weighted by Gasteiger charge is 2.72. The lowest BCUT2D eigenvalue weighted by Crippen LogP contribution is -2.68. The zero-order valence-corrected chi connectivity index (χ0v) is 74.8. The van der Waals surface area contributed by atoms with E-state index in [0.29, 0.717) is 5.92 Å². The van der Waals surface area contributed by atoms with E-state index < -0.39 is 0 Å². The molecule has 0 fully saturated rings. The van der Waals surface area contributed by atoms with Crippen LogP contribution in [0.5, 0.6) is 0 Å². The van der Waals surface area contributed by atoms with Crippen LogP contribution in [0.1, 0.15) is 550 Å². The van der Waals surface area contributed by atoms with Gasteiger partial charge in [-0.3, -0.25) is 0 Å². The monoisotopic (exact) mass is 1400 g/mol.